The van der Waals surface area contributed by atoms with Gasteiger partial charge in [0, 0.05) is 24.7 Å². The maximum atomic E-state index is 12.5. The van der Waals surface area contributed by atoms with Gasteiger partial charge in [0.15, 0.2) is 0 Å². The Morgan fingerprint density at radius 1 is 1.18 bits per heavy atom. The van der Waals surface area contributed by atoms with E-state index in [1.54, 1.807) is 12.3 Å². The summed E-state index contributed by atoms with van der Waals surface area (Å²) in [6.45, 7) is 3.34. The number of hydrogen-bond acceptors (Lipinski definition) is 4. The third kappa shape index (κ3) is 4.94. The van der Waals surface area contributed by atoms with Gasteiger partial charge in [0.05, 0.1) is 18.4 Å². The van der Waals surface area contributed by atoms with Crippen LogP contribution in [0.5, 0.6) is 0 Å². The lowest BCUT2D eigenvalue weighted by molar-refractivity contribution is -0.137. The molecule has 0 saturated carbocycles. The summed E-state index contributed by atoms with van der Waals surface area (Å²) in [6.07, 6.45) is 6.09. The Morgan fingerprint density at radius 2 is 1.96 bits per heavy atom. The van der Waals surface area contributed by atoms with Gasteiger partial charge < -0.3 is 19.7 Å². The lowest BCUT2D eigenvalue weighted by Crippen LogP contribution is -2.30. The van der Waals surface area contributed by atoms with E-state index in [9.17, 15) is 9.59 Å². The summed E-state index contributed by atoms with van der Waals surface area (Å²) in [4.78, 5) is 25.3. The number of carboxylic acid groups (broad SMARTS) is 1. The van der Waals surface area contributed by atoms with Crippen molar-refractivity contribution in [1.82, 2.24) is 5.32 Å². The third-order valence-electron chi connectivity index (χ3n) is 5.26. The minimum Gasteiger partial charge on any atom is -0.481 e. The zero-order valence-electron chi connectivity index (χ0n) is 16.3. The van der Waals surface area contributed by atoms with E-state index in [0.29, 0.717) is 36.9 Å². The van der Waals surface area contributed by atoms with Crippen molar-refractivity contribution in [1.29, 1.82) is 0 Å². The van der Waals surface area contributed by atoms with Gasteiger partial charge in [-0.25, -0.2) is 0 Å². The first-order valence-corrected chi connectivity index (χ1v) is 9.97. The second-order valence-electron chi connectivity index (χ2n) is 7.38. The van der Waals surface area contributed by atoms with E-state index >= 15 is 0 Å². The summed E-state index contributed by atoms with van der Waals surface area (Å²) in [5.74, 6) is -0.187. The highest BCUT2D eigenvalue weighted by molar-refractivity contribution is 5.95. The fraction of sp³-hybridized carbons (Fsp3) is 0.455. The maximum absolute atomic E-state index is 12.5. The number of carbonyl (C=O) groups is 2. The average molecular weight is 384 g/mol. The van der Waals surface area contributed by atoms with Gasteiger partial charge in [0.1, 0.15) is 5.76 Å². The molecule has 0 bridgehead atoms. The van der Waals surface area contributed by atoms with E-state index in [2.05, 4.69) is 35.3 Å². The minimum absolute atomic E-state index is 0.116. The van der Waals surface area contributed by atoms with Crippen LogP contribution in [0.25, 0.3) is 0 Å². The molecule has 2 heterocycles. The molecule has 0 radical (unpaired) electrons. The van der Waals surface area contributed by atoms with Crippen LogP contribution in [-0.2, 0) is 17.8 Å². The number of carbonyl (C=O) groups excluding carboxylic acids is 1. The average Bonchev–Trinajstić information content (AvgIpc) is 3.25. The summed E-state index contributed by atoms with van der Waals surface area (Å²) >= 11 is 0. The molecule has 28 heavy (non-hydrogen) atoms. The number of benzene rings is 1. The van der Waals surface area contributed by atoms with Gasteiger partial charge >= 0.3 is 5.97 Å². The molecule has 150 valence electrons. The number of furan rings is 1. The number of nitrogens with zero attached hydrogens (tertiary/aromatic N) is 1. The number of aliphatic carboxylic acids is 1. The van der Waals surface area contributed by atoms with Gasteiger partial charge in [-0.05, 0) is 43.9 Å². The Kier molecular flexibility index (Phi) is 6.74. The standard InChI is InChI=1S/C22H28N2O4/c1-16-14-17-8-5-6-9-19(17)24(16)15-20-18(11-13-28-20)22(27)23-12-7-3-2-4-10-21(25)26/h5-6,8-9,11,13,16H,2-4,7,10,12,14-15H2,1H3,(H,23,27)(H,25,26). The van der Waals surface area contributed by atoms with Crippen molar-refractivity contribution in [3.05, 3.63) is 53.5 Å². The fourth-order valence-corrected chi connectivity index (χ4v) is 3.74. The number of rotatable bonds is 10. The third-order valence-corrected chi connectivity index (χ3v) is 5.26. The molecule has 0 aliphatic carbocycles. The van der Waals surface area contributed by atoms with Crippen molar-refractivity contribution in [3.8, 4) is 0 Å². The minimum atomic E-state index is -0.754. The van der Waals surface area contributed by atoms with E-state index in [1.807, 2.05) is 6.07 Å². The molecular formula is C22H28N2O4. The molecule has 1 aliphatic heterocycles. The number of carboxylic acids is 1. The van der Waals surface area contributed by atoms with E-state index in [-0.39, 0.29) is 12.3 Å². The van der Waals surface area contributed by atoms with Crippen LogP contribution in [0.4, 0.5) is 5.69 Å². The number of unbranched alkanes of at least 4 members (excludes halogenated alkanes) is 3. The van der Waals surface area contributed by atoms with Gasteiger partial charge in [0.2, 0.25) is 0 Å². The Bertz CT molecular complexity index is 814. The normalized spacial score (nSPS) is 15.5. The van der Waals surface area contributed by atoms with Crippen LogP contribution in [0.3, 0.4) is 0 Å². The predicted octanol–water partition coefficient (Wildman–Crippen LogP) is 4.00. The van der Waals surface area contributed by atoms with Gasteiger partial charge in [0.25, 0.3) is 5.91 Å². The van der Waals surface area contributed by atoms with E-state index in [1.165, 1.54) is 11.3 Å². The van der Waals surface area contributed by atoms with Crippen LogP contribution in [-0.4, -0.2) is 29.6 Å². The number of para-hydroxylation sites is 1. The van der Waals surface area contributed by atoms with Crippen molar-refractivity contribution in [2.45, 2.75) is 58.0 Å². The fourth-order valence-electron chi connectivity index (χ4n) is 3.74. The molecule has 1 atom stereocenters. The quantitative estimate of drug-likeness (QED) is 0.605. The van der Waals surface area contributed by atoms with E-state index < -0.39 is 5.97 Å². The van der Waals surface area contributed by atoms with Gasteiger partial charge in [-0.2, -0.15) is 0 Å². The van der Waals surface area contributed by atoms with Crippen LogP contribution in [0, 0.1) is 0 Å². The highest BCUT2D eigenvalue weighted by atomic mass is 16.4. The molecule has 0 saturated heterocycles. The van der Waals surface area contributed by atoms with Gasteiger partial charge in [-0.1, -0.05) is 31.0 Å². The Labute approximate surface area is 165 Å². The zero-order chi connectivity index (χ0) is 19.9. The summed E-state index contributed by atoms with van der Waals surface area (Å²) in [5, 5.41) is 11.6. The SMILES string of the molecule is CC1Cc2ccccc2N1Cc1occc1C(=O)NCCCCCCC(=O)O. The highest BCUT2D eigenvalue weighted by Gasteiger charge is 2.27. The van der Waals surface area contributed by atoms with Crippen molar-refractivity contribution < 1.29 is 19.1 Å². The van der Waals surface area contributed by atoms with Crippen molar-refractivity contribution in [3.63, 3.8) is 0 Å². The monoisotopic (exact) mass is 384 g/mol. The number of hydrogen-bond donors (Lipinski definition) is 2. The molecule has 1 aromatic heterocycles. The van der Waals surface area contributed by atoms with Crippen LogP contribution in [0.2, 0.25) is 0 Å². The van der Waals surface area contributed by atoms with Crippen molar-refractivity contribution in [2.24, 2.45) is 0 Å². The first-order chi connectivity index (χ1) is 13.6. The Hall–Kier alpha value is -2.76. The Balaban J connectivity index is 1.50. The largest absolute Gasteiger partial charge is 0.481 e. The molecule has 1 aromatic carbocycles. The lowest BCUT2D eigenvalue weighted by Gasteiger charge is -2.24. The maximum Gasteiger partial charge on any atom is 0.303 e. The first-order valence-electron chi connectivity index (χ1n) is 9.97. The number of amides is 1. The summed E-state index contributed by atoms with van der Waals surface area (Å²) in [7, 11) is 0. The van der Waals surface area contributed by atoms with Crippen LogP contribution in [0.1, 0.15) is 60.7 Å². The summed E-state index contributed by atoms with van der Waals surface area (Å²) in [5.41, 5.74) is 3.12. The van der Waals surface area contributed by atoms with Crippen LogP contribution < -0.4 is 10.2 Å². The molecule has 0 spiro atoms. The number of fused-ring (bicyclic) bond motifs is 1. The second-order valence-corrected chi connectivity index (χ2v) is 7.38. The Morgan fingerprint density at radius 3 is 2.79 bits per heavy atom. The smallest absolute Gasteiger partial charge is 0.303 e. The van der Waals surface area contributed by atoms with Crippen LogP contribution >= 0.6 is 0 Å². The lowest BCUT2D eigenvalue weighted by atomic mass is 10.1. The molecule has 6 nitrogen and oxygen atoms in total. The van der Waals surface area contributed by atoms with Crippen LogP contribution in [0.15, 0.2) is 41.0 Å². The molecule has 1 amide bonds. The number of anilines is 1. The predicted molar refractivity (Wildman–Crippen MR) is 108 cm³/mol. The molecule has 1 aliphatic rings. The molecule has 1 unspecified atom stereocenters. The topological polar surface area (TPSA) is 82.8 Å². The highest BCUT2D eigenvalue weighted by Crippen LogP contribution is 2.33. The molecule has 3 rings (SSSR count). The summed E-state index contributed by atoms with van der Waals surface area (Å²) < 4.78 is 5.63. The first kappa shape index (κ1) is 20.0. The summed E-state index contributed by atoms with van der Waals surface area (Å²) in [6, 6.07) is 10.5. The molecule has 0 fully saturated rings. The molecule has 6 heteroatoms. The molecular weight excluding hydrogens is 356 g/mol. The molecule has 2 N–H and O–H groups in total. The van der Waals surface area contributed by atoms with Gasteiger partial charge in [-0.15, -0.1) is 0 Å². The second kappa shape index (κ2) is 9.44. The number of nitrogens with one attached hydrogen (secondary N) is 1. The van der Waals surface area contributed by atoms with Gasteiger partial charge in [-0.3, -0.25) is 9.59 Å². The van der Waals surface area contributed by atoms with E-state index in [0.717, 1.165) is 25.7 Å². The zero-order valence-corrected chi connectivity index (χ0v) is 16.3. The van der Waals surface area contributed by atoms with Crippen molar-refractivity contribution in [2.75, 3.05) is 11.4 Å². The van der Waals surface area contributed by atoms with Crippen molar-refractivity contribution >= 4 is 17.6 Å². The van der Waals surface area contributed by atoms with E-state index in [4.69, 9.17) is 9.52 Å². The molecule has 2 aromatic rings.